The molecule has 0 bridgehead atoms. The van der Waals surface area contributed by atoms with Crippen LogP contribution in [-0.4, -0.2) is 20.9 Å². The molecule has 2 nitrogen and oxygen atoms in total. The van der Waals surface area contributed by atoms with Gasteiger partial charge in [0.1, 0.15) is 0 Å². The molecule has 0 saturated heterocycles. The number of rotatable bonds is 6. The van der Waals surface area contributed by atoms with E-state index in [2.05, 4.69) is 133 Å². The Bertz CT molecular complexity index is 2380. The molecule has 0 aromatic heterocycles. The molecule has 0 fully saturated rings. The van der Waals surface area contributed by atoms with Crippen molar-refractivity contribution in [2.24, 2.45) is 0 Å². The van der Waals surface area contributed by atoms with E-state index in [1.165, 1.54) is 0 Å². The summed E-state index contributed by atoms with van der Waals surface area (Å²) in [6.07, 6.45) is 3.47. The summed E-state index contributed by atoms with van der Waals surface area (Å²) in [5.41, 5.74) is 8.49. The summed E-state index contributed by atoms with van der Waals surface area (Å²) >= 11 is 0. The molecular weight excluding hydrogens is 625 g/mol. The first-order valence-corrected chi connectivity index (χ1v) is 19.0. The topological polar surface area (TPSA) is 34.1 Å². The normalized spacial score (nSPS) is 12.8. The maximum absolute atomic E-state index is 13.6. The second-order valence-corrected chi connectivity index (χ2v) is 14.7. The highest BCUT2D eigenvalue weighted by Crippen LogP contribution is 2.48. The van der Waals surface area contributed by atoms with Crippen molar-refractivity contribution in [1.29, 1.82) is 0 Å². The van der Waals surface area contributed by atoms with Crippen molar-refractivity contribution in [2.75, 3.05) is 12.5 Å². The summed E-state index contributed by atoms with van der Waals surface area (Å²) in [5.74, 6) is 0. The van der Waals surface area contributed by atoms with Crippen LogP contribution in [0, 0.1) is 0 Å². The Morgan fingerprint density at radius 1 is 0.354 bits per heavy atom. The van der Waals surface area contributed by atoms with Gasteiger partial charge in [0.25, 0.3) is 0 Å². The molecule has 8 aromatic rings. The first-order valence-electron chi connectivity index (χ1n) is 15.9. The van der Waals surface area contributed by atoms with Gasteiger partial charge in [0, 0.05) is 33.1 Å². The largest absolute Gasteiger partial charge is 0.255 e. The van der Waals surface area contributed by atoms with Gasteiger partial charge in [-0.3, -0.25) is 8.42 Å². The Kier molecular flexibility index (Phi) is 7.84. The molecule has 8 rings (SSSR count). The summed E-state index contributed by atoms with van der Waals surface area (Å²) in [4.78, 5) is 1.45. The highest BCUT2D eigenvalue weighted by Gasteiger charge is 2.23. The van der Waals surface area contributed by atoms with Gasteiger partial charge in [-0.2, -0.15) is 0 Å². The fourth-order valence-electron chi connectivity index (χ4n) is 7.18. The molecule has 4 heteroatoms. The Balaban J connectivity index is 1.55. The second kappa shape index (κ2) is 12.5. The SMILES string of the molecule is CS(=O)c1ccc(-c2ccc3ccccc3c2-c2ccccc2)c2c(S(C)=O)ccc(-c3ccc4ccccc4c3-c3ccccc3)c12. The molecule has 232 valence electrons. The Morgan fingerprint density at radius 3 is 1.10 bits per heavy atom. The molecule has 0 spiro atoms. The molecule has 0 N–H and O–H groups in total. The smallest absolute Gasteiger partial charge is 0.0504 e. The number of hydrogen-bond acceptors (Lipinski definition) is 2. The molecule has 0 heterocycles. The van der Waals surface area contributed by atoms with Crippen molar-refractivity contribution in [3.8, 4) is 44.5 Å². The van der Waals surface area contributed by atoms with Gasteiger partial charge in [-0.05, 0) is 78.2 Å². The lowest BCUT2D eigenvalue weighted by Gasteiger charge is -2.22. The van der Waals surface area contributed by atoms with Crippen molar-refractivity contribution in [1.82, 2.24) is 0 Å². The molecule has 0 amide bonds. The van der Waals surface area contributed by atoms with Gasteiger partial charge in [-0.15, -0.1) is 0 Å². The minimum atomic E-state index is -1.31. The van der Waals surface area contributed by atoms with E-state index in [1.807, 2.05) is 24.3 Å². The minimum absolute atomic E-state index is 0.727. The van der Waals surface area contributed by atoms with Crippen LogP contribution in [-0.2, 0) is 21.6 Å². The zero-order valence-corrected chi connectivity index (χ0v) is 28.3. The van der Waals surface area contributed by atoms with E-state index in [4.69, 9.17) is 0 Å². The van der Waals surface area contributed by atoms with Crippen molar-refractivity contribution in [3.63, 3.8) is 0 Å². The van der Waals surface area contributed by atoms with E-state index in [0.29, 0.717) is 0 Å². The van der Waals surface area contributed by atoms with E-state index < -0.39 is 21.6 Å². The first kappa shape index (κ1) is 30.2. The predicted molar refractivity (Wildman–Crippen MR) is 205 cm³/mol. The summed E-state index contributed by atoms with van der Waals surface area (Å²) in [5, 5.41) is 6.35. The molecule has 0 aliphatic heterocycles. The maximum Gasteiger partial charge on any atom is 0.0504 e. The molecular formula is C44H32O2S2. The van der Waals surface area contributed by atoms with Crippen LogP contribution in [0.1, 0.15) is 0 Å². The molecule has 48 heavy (non-hydrogen) atoms. The molecule has 0 saturated carbocycles. The third-order valence-corrected chi connectivity index (χ3v) is 11.2. The summed E-state index contributed by atoms with van der Waals surface area (Å²) < 4.78 is 27.3. The third kappa shape index (κ3) is 5.09. The zero-order chi connectivity index (χ0) is 32.8. The highest BCUT2D eigenvalue weighted by atomic mass is 32.2. The van der Waals surface area contributed by atoms with Gasteiger partial charge in [-0.25, -0.2) is 0 Å². The quantitative estimate of drug-likeness (QED) is 0.178. The van der Waals surface area contributed by atoms with Crippen LogP contribution in [0.2, 0.25) is 0 Å². The third-order valence-electron chi connectivity index (χ3n) is 9.27. The van der Waals surface area contributed by atoms with Crippen molar-refractivity contribution in [3.05, 3.63) is 158 Å². The summed E-state index contributed by atoms with van der Waals surface area (Å²) in [6, 6.07) is 54.7. The molecule has 0 aliphatic rings. The van der Waals surface area contributed by atoms with Crippen LogP contribution in [0.3, 0.4) is 0 Å². The van der Waals surface area contributed by atoms with Gasteiger partial charge in [0.2, 0.25) is 0 Å². The Hall–Kier alpha value is -5.16. The Morgan fingerprint density at radius 2 is 0.708 bits per heavy atom. The average Bonchev–Trinajstić information content (AvgIpc) is 3.13. The Labute approximate surface area is 285 Å². The van der Waals surface area contributed by atoms with Crippen molar-refractivity contribution in [2.45, 2.75) is 9.79 Å². The standard InChI is InChI=1S/C44H32O2S2/c1-47(45)39-27-25-38(36-24-22-30-14-10-12-20-34(30)42(36)32-17-7-4-8-18-32)44-40(48(2)46)28-26-37(43(39)44)35-23-21-29-13-9-11-19-33(29)41(35)31-15-5-3-6-16-31/h3-28H,1-2H3. The fourth-order valence-corrected chi connectivity index (χ4v) is 8.70. The van der Waals surface area contributed by atoms with Crippen LogP contribution in [0.15, 0.2) is 168 Å². The van der Waals surface area contributed by atoms with Crippen LogP contribution in [0.5, 0.6) is 0 Å². The lowest BCUT2D eigenvalue weighted by atomic mass is 9.84. The molecule has 2 unspecified atom stereocenters. The van der Waals surface area contributed by atoms with Crippen LogP contribution in [0.25, 0.3) is 76.8 Å². The summed E-state index contributed by atoms with van der Waals surface area (Å²) in [7, 11) is -2.63. The molecule has 0 aliphatic carbocycles. The number of benzene rings is 8. The lowest BCUT2D eigenvalue weighted by Crippen LogP contribution is -2.00. The van der Waals surface area contributed by atoms with E-state index in [1.54, 1.807) is 12.5 Å². The van der Waals surface area contributed by atoms with Gasteiger partial charge in [0.15, 0.2) is 0 Å². The maximum atomic E-state index is 13.6. The molecule has 2 atom stereocenters. The molecule has 8 aromatic carbocycles. The lowest BCUT2D eigenvalue weighted by molar-refractivity contribution is 0.686. The zero-order valence-electron chi connectivity index (χ0n) is 26.6. The van der Waals surface area contributed by atoms with Crippen LogP contribution >= 0.6 is 0 Å². The monoisotopic (exact) mass is 656 g/mol. The minimum Gasteiger partial charge on any atom is -0.255 e. The van der Waals surface area contributed by atoms with Crippen molar-refractivity contribution < 1.29 is 8.42 Å². The number of hydrogen-bond donors (Lipinski definition) is 0. The van der Waals surface area contributed by atoms with E-state index in [-0.39, 0.29) is 0 Å². The summed E-state index contributed by atoms with van der Waals surface area (Å²) in [6.45, 7) is 0. The van der Waals surface area contributed by atoms with Crippen LogP contribution < -0.4 is 0 Å². The second-order valence-electron chi connectivity index (χ2n) is 12.0. The highest BCUT2D eigenvalue weighted by molar-refractivity contribution is 7.85. The first-order chi connectivity index (χ1) is 23.5. The predicted octanol–water partition coefficient (Wildman–Crippen LogP) is 11.3. The van der Waals surface area contributed by atoms with E-state index in [9.17, 15) is 8.42 Å². The van der Waals surface area contributed by atoms with Gasteiger partial charge in [0.05, 0.1) is 21.6 Å². The molecule has 0 radical (unpaired) electrons. The van der Waals surface area contributed by atoms with Crippen molar-refractivity contribution >= 4 is 53.9 Å². The van der Waals surface area contributed by atoms with E-state index >= 15 is 0 Å². The number of fused-ring (bicyclic) bond motifs is 3. The van der Waals surface area contributed by atoms with Gasteiger partial charge in [-0.1, -0.05) is 146 Å². The fraction of sp³-hybridized carbons (Fsp3) is 0.0455. The van der Waals surface area contributed by atoms with E-state index in [0.717, 1.165) is 86.6 Å². The average molecular weight is 657 g/mol. The van der Waals surface area contributed by atoms with Gasteiger partial charge >= 0.3 is 0 Å². The van der Waals surface area contributed by atoms with Crippen LogP contribution in [0.4, 0.5) is 0 Å². The van der Waals surface area contributed by atoms with Gasteiger partial charge < -0.3 is 0 Å².